The molecule has 0 atom stereocenters. The zero-order chi connectivity index (χ0) is 20.9. The second-order valence-electron chi connectivity index (χ2n) is 6.25. The van der Waals surface area contributed by atoms with Crippen LogP contribution in [0.4, 0.5) is 28.4 Å². The normalized spacial score (nSPS) is 11.3. The van der Waals surface area contributed by atoms with Crippen LogP contribution in [0.2, 0.25) is 0 Å². The van der Waals surface area contributed by atoms with Crippen molar-refractivity contribution in [3.63, 3.8) is 0 Å². The molecule has 0 aliphatic carbocycles. The van der Waals surface area contributed by atoms with Crippen LogP contribution in [0.3, 0.4) is 0 Å². The van der Waals surface area contributed by atoms with Crippen molar-refractivity contribution in [2.45, 2.75) is 19.0 Å². The second kappa shape index (κ2) is 9.04. The lowest BCUT2D eigenvalue weighted by Crippen LogP contribution is -2.27. The first-order valence-electron chi connectivity index (χ1n) is 8.69. The summed E-state index contributed by atoms with van der Waals surface area (Å²) in [5.74, 6) is -0.529. The molecule has 9 heteroatoms. The molecule has 0 aliphatic rings. The predicted octanol–water partition coefficient (Wildman–Crippen LogP) is 4.95. The quantitative estimate of drug-likeness (QED) is 0.529. The standard InChI is InChI=1S/C20H17F4N3OS/c21-15-6-4-13(5-7-15)8-9-25-18(28)11-17-12-29-19(27-17)26-16-3-1-2-14(10-16)20(22,23)24/h1-7,10,12H,8-9,11H2,(H,25,28)(H,26,27). The lowest BCUT2D eigenvalue weighted by atomic mass is 10.1. The van der Waals surface area contributed by atoms with Crippen LogP contribution >= 0.6 is 11.3 Å². The number of rotatable bonds is 7. The van der Waals surface area contributed by atoms with Crippen LogP contribution in [0.1, 0.15) is 16.8 Å². The van der Waals surface area contributed by atoms with Crippen LogP contribution in [-0.4, -0.2) is 17.4 Å². The van der Waals surface area contributed by atoms with E-state index in [0.717, 1.165) is 17.7 Å². The van der Waals surface area contributed by atoms with Gasteiger partial charge in [-0.3, -0.25) is 4.79 Å². The Labute approximate surface area is 168 Å². The summed E-state index contributed by atoms with van der Waals surface area (Å²) in [6, 6.07) is 10.9. The molecule has 29 heavy (non-hydrogen) atoms. The van der Waals surface area contributed by atoms with Crippen molar-refractivity contribution >= 4 is 28.1 Å². The number of hydrogen-bond acceptors (Lipinski definition) is 4. The largest absolute Gasteiger partial charge is 0.416 e. The molecule has 0 radical (unpaired) electrons. The number of anilines is 2. The Kier molecular flexibility index (Phi) is 6.48. The molecule has 0 spiro atoms. The lowest BCUT2D eigenvalue weighted by Gasteiger charge is -2.09. The third-order valence-electron chi connectivity index (χ3n) is 3.98. The Morgan fingerprint density at radius 1 is 1.10 bits per heavy atom. The van der Waals surface area contributed by atoms with E-state index in [1.807, 2.05) is 0 Å². The fourth-order valence-electron chi connectivity index (χ4n) is 2.57. The first-order valence-corrected chi connectivity index (χ1v) is 9.57. The molecular formula is C20H17F4N3OS. The summed E-state index contributed by atoms with van der Waals surface area (Å²) in [6.45, 7) is 0.407. The van der Waals surface area contributed by atoms with Gasteiger partial charge in [-0.25, -0.2) is 9.37 Å². The van der Waals surface area contributed by atoms with E-state index in [4.69, 9.17) is 0 Å². The van der Waals surface area contributed by atoms with E-state index in [-0.39, 0.29) is 23.8 Å². The van der Waals surface area contributed by atoms with Gasteiger partial charge in [0.1, 0.15) is 5.82 Å². The highest BCUT2D eigenvalue weighted by molar-refractivity contribution is 7.13. The summed E-state index contributed by atoms with van der Waals surface area (Å²) in [6.07, 6.45) is -3.78. The van der Waals surface area contributed by atoms with E-state index in [2.05, 4.69) is 15.6 Å². The highest BCUT2D eigenvalue weighted by Crippen LogP contribution is 2.31. The third kappa shape index (κ3) is 6.28. The van der Waals surface area contributed by atoms with E-state index in [1.54, 1.807) is 17.5 Å². The maximum Gasteiger partial charge on any atom is 0.416 e. The van der Waals surface area contributed by atoms with Crippen molar-refractivity contribution < 1.29 is 22.4 Å². The van der Waals surface area contributed by atoms with Gasteiger partial charge in [0.25, 0.3) is 0 Å². The fraction of sp³-hybridized carbons (Fsp3) is 0.200. The van der Waals surface area contributed by atoms with Crippen molar-refractivity contribution in [3.05, 3.63) is 76.5 Å². The number of amides is 1. The molecule has 1 amide bonds. The number of aromatic nitrogens is 1. The number of thiazole rings is 1. The van der Waals surface area contributed by atoms with E-state index < -0.39 is 11.7 Å². The van der Waals surface area contributed by atoms with Gasteiger partial charge in [-0.05, 0) is 42.3 Å². The minimum absolute atomic E-state index is 0.0597. The molecule has 0 saturated heterocycles. The van der Waals surface area contributed by atoms with Crippen LogP contribution in [-0.2, 0) is 23.8 Å². The van der Waals surface area contributed by atoms with Gasteiger partial charge in [-0.1, -0.05) is 18.2 Å². The molecule has 2 N–H and O–H groups in total. The Morgan fingerprint density at radius 2 is 1.86 bits per heavy atom. The molecule has 0 aliphatic heterocycles. The summed E-state index contributed by atoms with van der Waals surface area (Å²) < 4.78 is 51.2. The number of carbonyl (C=O) groups excluding carboxylic acids is 1. The molecule has 152 valence electrons. The van der Waals surface area contributed by atoms with Gasteiger partial charge in [0.15, 0.2) is 5.13 Å². The van der Waals surface area contributed by atoms with Crippen LogP contribution in [0, 0.1) is 5.82 Å². The Balaban J connectivity index is 1.49. The molecule has 0 unspecified atom stereocenters. The smallest absolute Gasteiger partial charge is 0.355 e. The average molecular weight is 423 g/mol. The van der Waals surface area contributed by atoms with E-state index in [1.165, 1.54) is 35.6 Å². The third-order valence-corrected chi connectivity index (χ3v) is 4.79. The summed E-state index contributed by atoms with van der Waals surface area (Å²) in [5.41, 5.74) is 0.945. The highest BCUT2D eigenvalue weighted by Gasteiger charge is 2.30. The number of carbonyl (C=O) groups is 1. The van der Waals surface area contributed by atoms with Crippen molar-refractivity contribution in [1.29, 1.82) is 0 Å². The van der Waals surface area contributed by atoms with Gasteiger partial charge < -0.3 is 10.6 Å². The number of nitrogens with zero attached hydrogens (tertiary/aromatic N) is 1. The van der Waals surface area contributed by atoms with Gasteiger partial charge >= 0.3 is 6.18 Å². The molecule has 3 rings (SSSR count). The Morgan fingerprint density at radius 3 is 2.59 bits per heavy atom. The first-order chi connectivity index (χ1) is 13.8. The molecule has 0 saturated carbocycles. The van der Waals surface area contributed by atoms with E-state index in [0.29, 0.717) is 23.8 Å². The number of benzene rings is 2. The molecule has 2 aromatic carbocycles. The van der Waals surface area contributed by atoms with Gasteiger partial charge in [0, 0.05) is 17.6 Å². The zero-order valence-electron chi connectivity index (χ0n) is 15.1. The van der Waals surface area contributed by atoms with Gasteiger partial charge in [0.2, 0.25) is 5.91 Å². The molecule has 0 bridgehead atoms. The Hall–Kier alpha value is -2.94. The van der Waals surface area contributed by atoms with Crippen LogP contribution in [0.15, 0.2) is 53.9 Å². The topological polar surface area (TPSA) is 54.0 Å². The Bertz CT molecular complexity index is 970. The predicted molar refractivity (Wildman–Crippen MR) is 104 cm³/mol. The number of halogens is 4. The SMILES string of the molecule is O=C(Cc1csc(Nc2cccc(C(F)(F)F)c2)n1)NCCc1ccc(F)cc1. The summed E-state index contributed by atoms with van der Waals surface area (Å²) >= 11 is 1.20. The lowest BCUT2D eigenvalue weighted by molar-refractivity contribution is -0.137. The fourth-order valence-corrected chi connectivity index (χ4v) is 3.30. The second-order valence-corrected chi connectivity index (χ2v) is 7.11. The van der Waals surface area contributed by atoms with Gasteiger partial charge in [0.05, 0.1) is 17.7 Å². The molecule has 1 heterocycles. The summed E-state index contributed by atoms with van der Waals surface area (Å²) in [7, 11) is 0. The van der Waals surface area contributed by atoms with Gasteiger partial charge in [-0.15, -0.1) is 11.3 Å². The van der Waals surface area contributed by atoms with Crippen molar-refractivity contribution in [3.8, 4) is 0 Å². The summed E-state index contributed by atoms with van der Waals surface area (Å²) in [5, 5.41) is 7.67. The van der Waals surface area contributed by atoms with Crippen molar-refractivity contribution in [1.82, 2.24) is 10.3 Å². The van der Waals surface area contributed by atoms with Crippen LogP contribution < -0.4 is 10.6 Å². The number of nitrogens with one attached hydrogen (secondary N) is 2. The molecule has 0 fully saturated rings. The molecular weight excluding hydrogens is 406 g/mol. The van der Waals surface area contributed by atoms with E-state index >= 15 is 0 Å². The van der Waals surface area contributed by atoms with Crippen molar-refractivity contribution in [2.75, 3.05) is 11.9 Å². The number of alkyl halides is 3. The monoisotopic (exact) mass is 423 g/mol. The highest BCUT2D eigenvalue weighted by atomic mass is 32.1. The minimum atomic E-state index is -4.42. The zero-order valence-corrected chi connectivity index (χ0v) is 15.9. The number of hydrogen-bond donors (Lipinski definition) is 2. The van der Waals surface area contributed by atoms with Crippen molar-refractivity contribution in [2.24, 2.45) is 0 Å². The maximum atomic E-state index is 12.9. The average Bonchev–Trinajstić information content (AvgIpc) is 3.09. The first kappa shape index (κ1) is 20.8. The minimum Gasteiger partial charge on any atom is -0.355 e. The van der Waals surface area contributed by atoms with Crippen LogP contribution in [0.25, 0.3) is 0 Å². The summed E-state index contributed by atoms with van der Waals surface area (Å²) in [4.78, 5) is 16.3. The molecule has 4 nitrogen and oxygen atoms in total. The van der Waals surface area contributed by atoms with E-state index in [9.17, 15) is 22.4 Å². The molecule has 3 aromatic rings. The molecule has 1 aromatic heterocycles. The van der Waals surface area contributed by atoms with Gasteiger partial charge in [-0.2, -0.15) is 13.2 Å². The van der Waals surface area contributed by atoms with Crippen LogP contribution in [0.5, 0.6) is 0 Å². The maximum absolute atomic E-state index is 12.9.